The van der Waals surface area contributed by atoms with Gasteiger partial charge in [-0.2, -0.15) is 0 Å². The van der Waals surface area contributed by atoms with E-state index in [4.69, 9.17) is 11.1 Å². The van der Waals surface area contributed by atoms with Crippen molar-refractivity contribution in [1.29, 1.82) is 5.41 Å². The van der Waals surface area contributed by atoms with Crippen molar-refractivity contribution in [3.63, 3.8) is 0 Å². The summed E-state index contributed by atoms with van der Waals surface area (Å²) in [4.78, 5) is 31.2. The summed E-state index contributed by atoms with van der Waals surface area (Å²) in [6, 6.07) is 19.3. The minimum Gasteiger partial charge on any atom is -0.507 e. The second-order valence-electron chi connectivity index (χ2n) is 8.36. The van der Waals surface area contributed by atoms with Crippen molar-refractivity contribution in [3.8, 4) is 11.5 Å². The molecule has 168 valence electrons. The standard InChI is InChI=1S/C28H17N3O4/c29-17-9-3-7-15-21(17)27(34)16-8-4-10-19(22(16)28(15)35)31-20-12-11-18(30)23-24(20)26(33)14-6-2-1-5-13(14)25(23)32/h1-12,30,34-35H,29H2. The van der Waals surface area contributed by atoms with Gasteiger partial charge in [0.2, 0.25) is 0 Å². The average Bonchev–Trinajstić information content (AvgIpc) is 2.86. The molecule has 0 saturated heterocycles. The van der Waals surface area contributed by atoms with Crippen LogP contribution in [0.1, 0.15) is 0 Å². The molecule has 0 heterocycles. The van der Waals surface area contributed by atoms with Crippen LogP contribution in [0.3, 0.4) is 0 Å². The Labute approximate surface area is 196 Å². The normalized spacial score (nSPS) is 12.3. The highest BCUT2D eigenvalue weighted by Crippen LogP contribution is 2.46. The van der Waals surface area contributed by atoms with E-state index in [1.807, 2.05) is 0 Å². The lowest BCUT2D eigenvalue weighted by atomic mass is 9.98. The topological polar surface area (TPSA) is 137 Å². The maximum Gasteiger partial charge on any atom is 0.196 e. The lowest BCUT2D eigenvalue weighted by Gasteiger charge is -2.12. The van der Waals surface area contributed by atoms with Crippen molar-refractivity contribution in [2.24, 2.45) is 4.99 Å². The number of benzene rings is 4. The minimum atomic E-state index is -0.405. The zero-order chi connectivity index (χ0) is 24.4. The molecular weight excluding hydrogens is 442 g/mol. The third kappa shape index (κ3) is 2.78. The zero-order valence-electron chi connectivity index (χ0n) is 18.2. The fourth-order valence-electron chi connectivity index (χ4n) is 4.81. The van der Waals surface area contributed by atoms with Gasteiger partial charge >= 0.3 is 0 Å². The minimum absolute atomic E-state index is 0.000444. The lowest BCUT2D eigenvalue weighted by Crippen LogP contribution is -2.28. The molecule has 0 spiro atoms. The molecule has 0 atom stereocenters. The SMILES string of the molecule is N=c1ccc(=Nc2cccc3c(O)c4c(N)cccc4c(O)c23)c2c(=O)c3ccccc3c(=O)c1=2. The number of phenolic OH excluding ortho intramolecular Hbond substituents is 2. The smallest absolute Gasteiger partial charge is 0.196 e. The van der Waals surface area contributed by atoms with Gasteiger partial charge in [-0.1, -0.05) is 48.5 Å². The molecule has 4 aromatic rings. The predicted molar refractivity (Wildman–Crippen MR) is 134 cm³/mol. The van der Waals surface area contributed by atoms with Gasteiger partial charge in [0.05, 0.1) is 37.6 Å². The summed E-state index contributed by atoms with van der Waals surface area (Å²) in [6.07, 6.45) is 0. The van der Waals surface area contributed by atoms with Gasteiger partial charge in [-0.15, -0.1) is 0 Å². The Kier molecular flexibility index (Phi) is 4.25. The molecule has 6 rings (SSSR count). The largest absolute Gasteiger partial charge is 0.507 e. The maximum absolute atomic E-state index is 13.4. The molecule has 2 aliphatic carbocycles. The number of rotatable bonds is 1. The first-order valence-corrected chi connectivity index (χ1v) is 10.8. The highest BCUT2D eigenvalue weighted by molar-refractivity contribution is 6.17. The Balaban J connectivity index is 1.84. The molecule has 0 radical (unpaired) electrons. The molecule has 0 saturated carbocycles. The number of nitrogens with zero attached hydrogens (tertiary/aromatic N) is 1. The molecule has 7 heteroatoms. The lowest BCUT2D eigenvalue weighted by molar-refractivity contribution is 0.478. The van der Waals surface area contributed by atoms with E-state index >= 15 is 0 Å². The summed E-state index contributed by atoms with van der Waals surface area (Å²) >= 11 is 0. The fraction of sp³-hybridized carbons (Fsp3) is 0. The molecule has 0 unspecified atom stereocenters. The van der Waals surface area contributed by atoms with Gasteiger partial charge in [0.15, 0.2) is 10.9 Å². The van der Waals surface area contributed by atoms with Crippen molar-refractivity contribution in [3.05, 3.63) is 114 Å². The zero-order valence-corrected chi connectivity index (χ0v) is 18.2. The molecule has 5 N–H and O–H groups in total. The number of fused-ring (bicyclic) bond motifs is 3. The van der Waals surface area contributed by atoms with Crippen LogP contribution in [0.5, 0.6) is 11.5 Å². The highest BCUT2D eigenvalue weighted by atomic mass is 16.3. The summed E-state index contributed by atoms with van der Waals surface area (Å²) in [6.45, 7) is 0. The van der Waals surface area contributed by atoms with Crippen LogP contribution in [0.15, 0.2) is 87.4 Å². The first-order chi connectivity index (χ1) is 16.9. The highest BCUT2D eigenvalue weighted by Gasteiger charge is 2.17. The quantitative estimate of drug-likeness (QED) is 0.170. The summed E-state index contributed by atoms with van der Waals surface area (Å²) < 4.78 is 0. The number of hydrogen-bond donors (Lipinski definition) is 4. The van der Waals surface area contributed by atoms with Gasteiger partial charge < -0.3 is 21.4 Å². The van der Waals surface area contributed by atoms with E-state index in [1.165, 1.54) is 12.1 Å². The monoisotopic (exact) mass is 459 g/mol. The molecule has 2 aliphatic rings. The van der Waals surface area contributed by atoms with Crippen molar-refractivity contribution in [1.82, 2.24) is 0 Å². The van der Waals surface area contributed by atoms with Crippen LogP contribution in [0.4, 0.5) is 11.4 Å². The predicted octanol–water partition coefficient (Wildman–Crippen LogP) is 3.17. The van der Waals surface area contributed by atoms with Crippen LogP contribution in [-0.2, 0) is 0 Å². The van der Waals surface area contributed by atoms with Crippen molar-refractivity contribution < 1.29 is 10.2 Å². The van der Waals surface area contributed by atoms with E-state index < -0.39 is 10.9 Å². The maximum atomic E-state index is 13.4. The van der Waals surface area contributed by atoms with Crippen LogP contribution >= 0.6 is 0 Å². The van der Waals surface area contributed by atoms with Crippen LogP contribution in [0, 0.1) is 15.8 Å². The average molecular weight is 459 g/mol. The summed E-state index contributed by atoms with van der Waals surface area (Å²) in [5, 5.41) is 32.4. The van der Waals surface area contributed by atoms with Gasteiger partial charge in [0.1, 0.15) is 11.5 Å². The van der Waals surface area contributed by atoms with Crippen LogP contribution in [-0.4, -0.2) is 10.2 Å². The number of aromatic hydroxyl groups is 2. The van der Waals surface area contributed by atoms with Crippen molar-refractivity contribution in [2.45, 2.75) is 0 Å². The molecule has 0 fully saturated rings. The second kappa shape index (κ2) is 7.23. The molecule has 0 bridgehead atoms. The Morgan fingerprint density at radius 3 is 1.94 bits per heavy atom. The van der Waals surface area contributed by atoms with E-state index in [2.05, 4.69) is 4.99 Å². The number of nitrogens with two attached hydrogens (primary N) is 1. The second-order valence-corrected chi connectivity index (χ2v) is 8.36. The number of nitrogen functional groups attached to an aromatic ring is 1. The Hall–Kier alpha value is -5.04. The Morgan fingerprint density at radius 1 is 0.657 bits per heavy atom. The van der Waals surface area contributed by atoms with Crippen molar-refractivity contribution >= 4 is 43.7 Å². The number of nitrogens with one attached hydrogen (secondary N) is 1. The van der Waals surface area contributed by atoms with Crippen molar-refractivity contribution in [2.75, 3.05) is 5.73 Å². The van der Waals surface area contributed by atoms with E-state index in [-0.39, 0.29) is 48.8 Å². The molecule has 0 aliphatic heterocycles. The number of phenols is 2. The summed E-state index contributed by atoms with van der Waals surface area (Å²) in [5.41, 5.74) is 5.87. The summed E-state index contributed by atoms with van der Waals surface area (Å²) in [5.74, 6) is -0.204. The number of hydrogen-bond acceptors (Lipinski definition) is 7. The molecule has 35 heavy (non-hydrogen) atoms. The van der Waals surface area contributed by atoms with Gasteiger partial charge in [-0.25, -0.2) is 4.99 Å². The Morgan fingerprint density at radius 2 is 1.23 bits per heavy atom. The van der Waals surface area contributed by atoms with E-state index in [1.54, 1.807) is 60.7 Å². The fourth-order valence-corrected chi connectivity index (χ4v) is 4.81. The van der Waals surface area contributed by atoms with Crippen LogP contribution < -0.4 is 27.3 Å². The molecule has 0 amide bonds. The number of anilines is 1. The van der Waals surface area contributed by atoms with Gasteiger partial charge in [-0.05, 0) is 24.3 Å². The van der Waals surface area contributed by atoms with E-state index in [0.717, 1.165) is 0 Å². The Bertz CT molecular complexity index is 2160. The van der Waals surface area contributed by atoms with E-state index in [0.29, 0.717) is 27.5 Å². The molecule has 0 aromatic heterocycles. The van der Waals surface area contributed by atoms with Crippen LogP contribution in [0.2, 0.25) is 0 Å². The third-order valence-corrected chi connectivity index (χ3v) is 6.42. The van der Waals surface area contributed by atoms with Gasteiger partial charge in [-0.3, -0.25) is 9.59 Å². The van der Waals surface area contributed by atoms with Crippen LogP contribution in [0.25, 0.3) is 32.3 Å². The third-order valence-electron chi connectivity index (χ3n) is 6.42. The molecule has 7 nitrogen and oxygen atoms in total. The van der Waals surface area contributed by atoms with Gasteiger partial charge in [0, 0.05) is 27.2 Å². The van der Waals surface area contributed by atoms with Gasteiger partial charge in [0.25, 0.3) is 0 Å². The molecule has 4 aromatic carbocycles. The van der Waals surface area contributed by atoms with E-state index in [9.17, 15) is 19.8 Å². The molecular formula is C28H17N3O4. The first kappa shape index (κ1) is 20.6. The first-order valence-electron chi connectivity index (χ1n) is 10.8. The summed E-state index contributed by atoms with van der Waals surface area (Å²) in [7, 11) is 0.